The lowest BCUT2D eigenvalue weighted by molar-refractivity contribution is 0.0673. The summed E-state index contributed by atoms with van der Waals surface area (Å²) in [4.78, 5) is 14.2. The Morgan fingerprint density at radius 1 is 1.29 bits per heavy atom. The molecule has 0 saturated carbocycles. The van der Waals surface area contributed by atoms with E-state index in [1.165, 1.54) is 12.1 Å². The second-order valence-corrected chi connectivity index (χ2v) is 5.34. The fourth-order valence-corrected chi connectivity index (χ4v) is 2.30. The van der Waals surface area contributed by atoms with E-state index in [-0.39, 0.29) is 11.6 Å². The van der Waals surface area contributed by atoms with Crippen LogP contribution in [0.3, 0.4) is 0 Å². The van der Waals surface area contributed by atoms with E-state index >= 15 is 0 Å². The van der Waals surface area contributed by atoms with Crippen LogP contribution in [0, 0.1) is 5.82 Å². The van der Waals surface area contributed by atoms with E-state index in [2.05, 4.69) is 15.9 Å². The van der Waals surface area contributed by atoms with Crippen LogP contribution in [0.1, 0.15) is 16.8 Å². The number of methoxy groups -OCH3 is 2. The highest BCUT2D eigenvalue weighted by Crippen LogP contribution is 2.24. The molecule has 21 heavy (non-hydrogen) atoms. The molecule has 0 aliphatic heterocycles. The normalized spacial score (nSPS) is 10.7. The third-order valence-electron chi connectivity index (χ3n) is 2.95. The molecule has 0 heterocycles. The number of nitrogens with two attached hydrogens (primary N) is 1. The zero-order valence-corrected chi connectivity index (χ0v) is 13.8. The number of nitrogen functional groups attached to an aromatic ring is 1. The zero-order chi connectivity index (χ0) is 15.8. The summed E-state index contributed by atoms with van der Waals surface area (Å²) in [6.07, 6.45) is 0.709. The SMILES string of the molecule is COCCCN(CCOC)C(=O)c1cc(N)c(F)cc1Br. The first-order valence-corrected chi connectivity index (χ1v) is 7.32. The van der Waals surface area contributed by atoms with E-state index in [0.717, 1.165) is 0 Å². The number of rotatable bonds is 8. The van der Waals surface area contributed by atoms with Crippen LogP contribution >= 0.6 is 15.9 Å². The molecule has 0 bridgehead atoms. The van der Waals surface area contributed by atoms with Gasteiger partial charge in [0.15, 0.2) is 0 Å². The number of hydrogen-bond acceptors (Lipinski definition) is 4. The van der Waals surface area contributed by atoms with E-state index < -0.39 is 5.82 Å². The summed E-state index contributed by atoms with van der Waals surface area (Å²) in [7, 11) is 3.18. The maximum absolute atomic E-state index is 13.4. The molecule has 2 N–H and O–H groups in total. The average molecular weight is 363 g/mol. The van der Waals surface area contributed by atoms with Crippen molar-refractivity contribution in [3.8, 4) is 0 Å². The fourth-order valence-electron chi connectivity index (χ4n) is 1.82. The van der Waals surface area contributed by atoms with Crippen LogP contribution < -0.4 is 5.73 Å². The molecule has 0 spiro atoms. The predicted octanol–water partition coefficient (Wildman–Crippen LogP) is 2.30. The van der Waals surface area contributed by atoms with Crippen molar-refractivity contribution in [2.75, 3.05) is 46.3 Å². The van der Waals surface area contributed by atoms with Gasteiger partial charge in [0, 0.05) is 38.4 Å². The molecule has 0 aliphatic rings. The Labute approximate surface area is 132 Å². The molecule has 118 valence electrons. The second kappa shape index (κ2) is 8.96. The number of ether oxygens (including phenoxy) is 2. The van der Waals surface area contributed by atoms with E-state index in [1.807, 2.05) is 0 Å². The summed E-state index contributed by atoms with van der Waals surface area (Å²) in [5.74, 6) is -0.775. The van der Waals surface area contributed by atoms with Gasteiger partial charge in [0.2, 0.25) is 0 Å². The lowest BCUT2D eigenvalue weighted by atomic mass is 10.1. The minimum absolute atomic E-state index is 0.0508. The number of benzene rings is 1. The summed E-state index contributed by atoms with van der Waals surface area (Å²) in [5.41, 5.74) is 5.82. The highest BCUT2D eigenvalue weighted by atomic mass is 79.9. The fraction of sp³-hybridized carbons (Fsp3) is 0.500. The Balaban J connectivity index is 2.90. The monoisotopic (exact) mass is 362 g/mol. The Kier molecular flexibility index (Phi) is 7.63. The molecule has 1 rings (SSSR count). The molecule has 0 unspecified atom stereocenters. The number of carbonyl (C=O) groups is 1. The van der Waals surface area contributed by atoms with Crippen molar-refractivity contribution in [2.45, 2.75) is 6.42 Å². The summed E-state index contributed by atoms with van der Waals surface area (Å²) in [5, 5.41) is 0. The summed E-state index contributed by atoms with van der Waals surface area (Å²) < 4.78 is 23.8. The lowest BCUT2D eigenvalue weighted by Gasteiger charge is -2.23. The smallest absolute Gasteiger partial charge is 0.255 e. The van der Waals surface area contributed by atoms with Gasteiger partial charge in [-0.3, -0.25) is 4.79 Å². The third-order valence-corrected chi connectivity index (χ3v) is 3.60. The van der Waals surface area contributed by atoms with Gasteiger partial charge in [0.1, 0.15) is 5.82 Å². The number of nitrogens with zero attached hydrogens (tertiary/aromatic N) is 1. The largest absolute Gasteiger partial charge is 0.396 e. The number of carbonyl (C=O) groups excluding carboxylic acids is 1. The number of anilines is 1. The van der Waals surface area contributed by atoms with Crippen molar-refractivity contribution in [3.05, 3.63) is 28.0 Å². The molecular formula is C14H20BrFN2O3. The topological polar surface area (TPSA) is 64.8 Å². The predicted molar refractivity (Wildman–Crippen MR) is 82.8 cm³/mol. The van der Waals surface area contributed by atoms with Crippen molar-refractivity contribution in [2.24, 2.45) is 0 Å². The first-order chi connectivity index (χ1) is 10.0. The van der Waals surface area contributed by atoms with Crippen LogP contribution in [0.2, 0.25) is 0 Å². The Bertz CT molecular complexity index is 486. The number of hydrogen-bond donors (Lipinski definition) is 1. The first kappa shape index (κ1) is 17.9. The van der Waals surface area contributed by atoms with Gasteiger partial charge in [-0.15, -0.1) is 0 Å². The van der Waals surface area contributed by atoms with E-state index in [9.17, 15) is 9.18 Å². The summed E-state index contributed by atoms with van der Waals surface area (Å²) in [6.45, 7) is 1.96. The molecule has 0 atom stereocenters. The van der Waals surface area contributed by atoms with Gasteiger partial charge in [-0.25, -0.2) is 4.39 Å². The molecule has 0 fully saturated rings. The Morgan fingerprint density at radius 2 is 1.95 bits per heavy atom. The molecule has 0 aliphatic carbocycles. The molecule has 0 aromatic heterocycles. The summed E-state index contributed by atoms with van der Waals surface area (Å²) in [6, 6.07) is 2.55. The minimum atomic E-state index is -0.554. The quantitative estimate of drug-likeness (QED) is 0.569. The molecule has 1 amide bonds. The van der Waals surface area contributed by atoms with Crippen molar-refractivity contribution in [1.29, 1.82) is 0 Å². The van der Waals surface area contributed by atoms with Crippen LogP contribution in [-0.2, 0) is 9.47 Å². The minimum Gasteiger partial charge on any atom is -0.396 e. The molecule has 0 saturated heterocycles. The first-order valence-electron chi connectivity index (χ1n) is 6.53. The maximum Gasteiger partial charge on any atom is 0.255 e. The van der Waals surface area contributed by atoms with Crippen LogP contribution in [0.5, 0.6) is 0 Å². The molecular weight excluding hydrogens is 343 g/mol. The van der Waals surface area contributed by atoms with Gasteiger partial charge in [0.25, 0.3) is 5.91 Å². The molecule has 1 aromatic carbocycles. The van der Waals surface area contributed by atoms with Crippen molar-refractivity contribution < 1.29 is 18.7 Å². The Morgan fingerprint density at radius 3 is 2.57 bits per heavy atom. The average Bonchev–Trinajstić information content (AvgIpc) is 2.46. The molecule has 0 radical (unpaired) electrons. The van der Waals surface area contributed by atoms with Gasteiger partial charge < -0.3 is 20.1 Å². The zero-order valence-electron chi connectivity index (χ0n) is 12.2. The van der Waals surface area contributed by atoms with Crippen LogP contribution in [-0.4, -0.2) is 51.3 Å². The van der Waals surface area contributed by atoms with E-state index in [4.69, 9.17) is 15.2 Å². The van der Waals surface area contributed by atoms with Gasteiger partial charge in [0.05, 0.1) is 17.9 Å². The standard InChI is InChI=1S/C14H20BrFN2O3/c1-20-6-3-4-18(5-7-21-2)14(19)10-8-13(17)12(16)9-11(10)15/h8-9H,3-7,17H2,1-2H3. The molecule has 7 heteroatoms. The number of amides is 1. The van der Waals surface area contributed by atoms with Gasteiger partial charge in [-0.1, -0.05) is 0 Å². The highest BCUT2D eigenvalue weighted by Gasteiger charge is 2.19. The highest BCUT2D eigenvalue weighted by molar-refractivity contribution is 9.10. The molecule has 1 aromatic rings. The second-order valence-electron chi connectivity index (χ2n) is 4.48. The summed E-state index contributed by atoms with van der Waals surface area (Å²) >= 11 is 3.20. The van der Waals surface area contributed by atoms with Crippen molar-refractivity contribution in [1.82, 2.24) is 4.90 Å². The van der Waals surface area contributed by atoms with Crippen LogP contribution in [0.25, 0.3) is 0 Å². The lowest BCUT2D eigenvalue weighted by Crippen LogP contribution is -2.35. The maximum atomic E-state index is 13.4. The van der Waals surface area contributed by atoms with Gasteiger partial charge >= 0.3 is 0 Å². The van der Waals surface area contributed by atoms with Gasteiger partial charge in [-0.05, 0) is 34.5 Å². The van der Waals surface area contributed by atoms with Gasteiger partial charge in [-0.2, -0.15) is 0 Å². The van der Waals surface area contributed by atoms with E-state index in [1.54, 1.807) is 19.1 Å². The number of halogens is 2. The van der Waals surface area contributed by atoms with Crippen molar-refractivity contribution in [3.63, 3.8) is 0 Å². The van der Waals surface area contributed by atoms with Crippen LogP contribution in [0.15, 0.2) is 16.6 Å². The van der Waals surface area contributed by atoms with Crippen LogP contribution in [0.4, 0.5) is 10.1 Å². The van der Waals surface area contributed by atoms with E-state index in [0.29, 0.717) is 42.8 Å². The third kappa shape index (κ3) is 5.26. The molecule has 5 nitrogen and oxygen atoms in total. The van der Waals surface area contributed by atoms with Crippen molar-refractivity contribution >= 4 is 27.5 Å². The Hall–Kier alpha value is -1.18.